The lowest BCUT2D eigenvalue weighted by molar-refractivity contribution is 0.176. The van der Waals surface area contributed by atoms with E-state index in [0.717, 1.165) is 30.8 Å². The number of methoxy groups -OCH3 is 1. The summed E-state index contributed by atoms with van der Waals surface area (Å²) in [5.41, 5.74) is 3.84. The van der Waals surface area contributed by atoms with Crippen molar-refractivity contribution in [1.82, 2.24) is 4.98 Å². The van der Waals surface area contributed by atoms with Crippen LogP contribution in [0.1, 0.15) is 61.1 Å². The van der Waals surface area contributed by atoms with Gasteiger partial charge in [-0.3, -0.25) is 4.98 Å². The van der Waals surface area contributed by atoms with Gasteiger partial charge >= 0.3 is 0 Å². The van der Waals surface area contributed by atoms with Gasteiger partial charge in [-0.1, -0.05) is 49.2 Å². The monoisotopic (exact) mass is 401 g/mol. The fourth-order valence-electron chi connectivity index (χ4n) is 4.41. The van der Waals surface area contributed by atoms with E-state index < -0.39 is 0 Å². The molecule has 156 valence electrons. The van der Waals surface area contributed by atoms with Gasteiger partial charge in [-0.15, -0.1) is 0 Å². The number of ether oxygens (including phenoxy) is 2. The summed E-state index contributed by atoms with van der Waals surface area (Å²) in [6.07, 6.45) is 12.3. The van der Waals surface area contributed by atoms with Crippen molar-refractivity contribution in [1.29, 1.82) is 0 Å². The number of pyridine rings is 1. The first-order chi connectivity index (χ1) is 14.8. The first-order valence-corrected chi connectivity index (χ1v) is 11.1. The third-order valence-corrected chi connectivity index (χ3v) is 6.08. The van der Waals surface area contributed by atoms with Crippen molar-refractivity contribution in [3.63, 3.8) is 0 Å². The maximum Gasteiger partial charge on any atom is 0.161 e. The van der Waals surface area contributed by atoms with Crippen molar-refractivity contribution in [3.8, 4) is 11.5 Å². The molecular formula is C27H31NO2. The van der Waals surface area contributed by atoms with Gasteiger partial charge in [-0.2, -0.15) is 0 Å². The van der Waals surface area contributed by atoms with Gasteiger partial charge in [0.05, 0.1) is 13.2 Å². The molecule has 1 aromatic heterocycles. The summed E-state index contributed by atoms with van der Waals surface area (Å²) in [7, 11) is 1.72. The van der Waals surface area contributed by atoms with E-state index in [1.807, 2.05) is 12.4 Å². The van der Waals surface area contributed by atoms with Crippen LogP contribution < -0.4 is 9.47 Å². The van der Waals surface area contributed by atoms with Crippen LogP contribution in [0, 0.1) is 0 Å². The van der Waals surface area contributed by atoms with Gasteiger partial charge in [0, 0.05) is 18.3 Å². The Morgan fingerprint density at radius 3 is 2.27 bits per heavy atom. The average Bonchev–Trinajstić information content (AvgIpc) is 3.07. The van der Waals surface area contributed by atoms with Crippen molar-refractivity contribution < 1.29 is 9.47 Å². The molecule has 0 N–H and O–H groups in total. The molecule has 1 aliphatic carbocycles. The van der Waals surface area contributed by atoms with Gasteiger partial charge in [0.15, 0.2) is 11.5 Å². The molecular weight excluding hydrogens is 370 g/mol. The molecule has 3 aromatic rings. The zero-order chi connectivity index (χ0) is 20.6. The van der Waals surface area contributed by atoms with Crippen molar-refractivity contribution in [3.05, 3.63) is 89.7 Å². The normalized spacial score (nSPS) is 15.9. The Bertz CT molecular complexity index is 903. The summed E-state index contributed by atoms with van der Waals surface area (Å²) in [5.74, 6) is 1.94. The lowest BCUT2D eigenvalue weighted by Gasteiger charge is -2.23. The molecule has 0 spiro atoms. The highest BCUT2D eigenvalue weighted by molar-refractivity contribution is 5.47. The van der Waals surface area contributed by atoms with E-state index in [2.05, 4.69) is 65.6 Å². The van der Waals surface area contributed by atoms with E-state index in [1.165, 1.54) is 42.4 Å². The first kappa shape index (κ1) is 20.5. The molecule has 0 saturated heterocycles. The highest BCUT2D eigenvalue weighted by Crippen LogP contribution is 2.37. The molecule has 4 rings (SSSR count). The van der Waals surface area contributed by atoms with Crippen LogP contribution in [0.25, 0.3) is 0 Å². The molecule has 3 nitrogen and oxygen atoms in total. The van der Waals surface area contributed by atoms with Crippen LogP contribution >= 0.6 is 0 Å². The predicted molar refractivity (Wildman–Crippen MR) is 121 cm³/mol. The van der Waals surface area contributed by atoms with Gasteiger partial charge < -0.3 is 9.47 Å². The molecule has 2 aromatic carbocycles. The van der Waals surface area contributed by atoms with Crippen LogP contribution in [-0.4, -0.2) is 18.2 Å². The van der Waals surface area contributed by atoms with Crippen molar-refractivity contribution in [2.24, 2.45) is 0 Å². The van der Waals surface area contributed by atoms with Gasteiger partial charge in [0.2, 0.25) is 0 Å². The largest absolute Gasteiger partial charge is 0.493 e. The second-order valence-electron chi connectivity index (χ2n) is 8.16. The second kappa shape index (κ2) is 10.3. The third kappa shape index (κ3) is 5.21. The fourth-order valence-corrected chi connectivity index (χ4v) is 4.41. The highest BCUT2D eigenvalue weighted by Gasteiger charge is 2.20. The molecule has 0 aliphatic heterocycles. The minimum Gasteiger partial charge on any atom is -0.493 e. The van der Waals surface area contributed by atoms with Gasteiger partial charge in [0.1, 0.15) is 0 Å². The Morgan fingerprint density at radius 1 is 0.833 bits per heavy atom. The van der Waals surface area contributed by atoms with E-state index in [9.17, 15) is 0 Å². The zero-order valence-corrected chi connectivity index (χ0v) is 17.8. The number of hydrogen-bond donors (Lipinski definition) is 0. The van der Waals surface area contributed by atoms with E-state index >= 15 is 0 Å². The zero-order valence-electron chi connectivity index (χ0n) is 17.8. The number of aromatic nitrogens is 1. The van der Waals surface area contributed by atoms with E-state index in [4.69, 9.17) is 9.47 Å². The standard InChI is InChI=1S/C27H31NO2/c1-29-26-14-13-23(20-27(26)30-24-11-7-2-3-8-12-24)25(22-9-5-4-6-10-22)19-21-15-17-28-18-16-21/h4-6,9-10,13-18,20,24-25H,2-3,7-8,11-12,19H2,1H3/t25-/m0/s1. The molecule has 30 heavy (non-hydrogen) atoms. The third-order valence-electron chi connectivity index (χ3n) is 6.08. The topological polar surface area (TPSA) is 31.4 Å². The number of nitrogens with zero attached hydrogens (tertiary/aromatic N) is 1. The lowest BCUT2D eigenvalue weighted by Crippen LogP contribution is -2.16. The molecule has 0 unspecified atom stereocenters. The molecule has 0 bridgehead atoms. The SMILES string of the molecule is COc1ccc([C@@H](Cc2ccncc2)c2ccccc2)cc1OC1CCCCCC1. The molecule has 1 saturated carbocycles. The first-order valence-electron chi connectivity index (χ1n) is 11.1. The number of hydrogen-bond acceptors (Lipinski definition) is 3. The van der Waals surface area contributed by atoms with Crippen molar-refractivity contribution >= 4 is 0 Å². The number of benzene rings is 2. The smallest absolute Gasteiger partial charge is 0.161 e. The van der Waals surface area contributed by atoms with Gasteiger partial charge in [-0.25, -0.2) is 0 Å². The molecule has 1 atom stereocenters. The van der Waals surface area contributed by atoms with Crippen LogP contribution in [0.2, 0.25) is 0 Å². The summed E-state index contributed by atoms with van der Waals surface area (Å²) < 4.78 is 12.1. The second-order valence-corrected chi connectivity index (χ2v) is 8.16. The Hall–Kier alpha value is -2.81. The fraction of sp³-hybridized carbons (Fsp3) is 0.370. The van der Waals surface area contributed by atoms with Crippen molar-refractivity contribution in [2.75, 3.05) is 7.11 Å². The molecule has 1 fully saturated rings. The van der Waals surface area contributed by atoms with E-state index in [0.29, 0.717) is 0 Å². The summed E-state index contributed by atoms with van der Waals surface area (Å²) in [5, 5.41) is 0. The molecule has 1 heterocycles. The van der Waals surface area contributed by atoms with E-state index in [-0.39, 0.29) is 12.0 Å². The Labute approximate surface area is 180 Å². The Morgan fingerprint density at radius 2 is 1.57 bits per heavy atom. The Balaban J connectivity index is 1.65. The average molecular weight is 402 g/mol. The summed E-state index contributed by atoms with van der Waals surface area (Å²) >= 11 is 0. The molecule has 0 amide bonds. The summed E-state index contributed by atoms with van der Waals surface area (Å²) in [4.78, 5) is 4.17. The molecule has 0 radical (unpaired) electrons. The quantitative estimate of drug-likeness (QED) is 0.420. The highest BCUT2D eigenvalue weighted by atomic mass is 16.5. The maximum absolute atomic E-state index is 6.50. The van der Waals surface area contributed by atoms with Gasteiger partial charge in [0.25, 0.3) is 0 Å². The van der Waals surface area contributed by atoms with Crippen LogP contribution in [0.4, 0.5) is 0 Å². The minimum absolute atomic E-state index is 0.246. The predicted octanol–water partition coefficient (Wildman–Crippen LogP) is 6.57. The Kier molecular flexibility index (Phi) is 7.02. The summed E-state index contributed by atoms with van der Waals surface area (Å²) in [6, 6.07) is 21.4. The molecule has 3 heteroatoms. The summed E-state index contributed by atoms with van der Waals surface area (Å²) in [6.45, 7) is 0. The van der Waals surface area contributed by atoms with Gasteiger partial charge in [-0.05, 0) is 73.1 Å². The van der Waals surface area contributed by atoms with E-state index in [1.54, 1.807) is 7.11 Å². The van der Waals surface area contributed by atoms with Crippen LogP contribution in [0.3, 0.4) is 0 Å². The van der Waals surface area contributed by atoms with Crippen LogP contribution in [0.15, 0.2) is 73.1 Å². The van der Waals surface area contributed by atoms with Crippen LogP contribution in [0.5, 0.6) is 11.5 Å². The number of rotatable bonds is 7. The lowest BCUT2D eigenvalue weighted by atomic mass is 9.86. The molecule has 1 aliphatic rings. The van der Waals surface area contributed by atoms with Crippen LogP contribution in [-0.2, 0) is 6.42 Å². The minimum atomic E-state index is 0.246. The van der Waals surface area contributed by atoms with Crippen molar-refractivity contribution in [2.45, 2.75) is 57.0 Å². The maximum atomic E-state index is 6.50.